The number of hydrogen-bond donors (Lipinski definition) is 2. The number of hydrogen-bond acceptors (Lipinski definition) is 10. The first-order chi connectivity index (χ1) is 24.4. The molecule has 0 atom stereocenters. The molecule has 0 saturated heterocycles. The van der Waals surface area contributed by atoms with E-state index in [1.54, 1.807) is 0 Å². The first-order valence-electron chi connectivity index (χ1n) is 16.7. The van der Waals surface area contributed by atoms with E-state index >= 15 is 0 Å². The highest BCUT2D eigenvalue weighted by molar-refractivity contribution is 6.36. The number of carbonyl (C=O) groups excluding carboxylic acids is 4. The summed E-state index contributed by atoms with van der Waals surface area (Å²) in [7, 11) is 5.82. The van der Waals surface area contributed by atoms with Crippen molar-refractivity contribution in [2.24, 2.45) is 10.8 Å². The van der Waals surface area contributed by atoms with Gasteiger partial charge in [-0.25, -0.2) is 0 Å². The lowest BCUT2D eigenvalue weighted by atomic mass is 9.79. The van der Waals surface area contributed by atoms with Crippen molar-refractivity contribution in [3.8, 4) is 34.5 Å². The minimum absolute atomic E-state index is 0.00972. The zero-order valence-electron chi connectivity index (χ0n) is 31.4. The van der Waals surface area contributed by atoms with Crippen LogP contribution in [0.3, 0.4) is 0 Å². The molecule has 0 spiro atoms. The Morgan fingerprint density at radius 3 is 1.23 bits per heavy atom. The molecule has 0 aromatic heterocycles. The molecule has 4 rings (SSSR count). The number of ketones is 2. The van der Waals surface area contributed by atoms with E-state index < -0.39 is 11.8 Å². The molecule has 284 valence electrons. The van der Waals surface area contributed by atoms with E-state index in [4.69, 9.17) is 51.6 Å². The van der Waals surface area contributed by atoms with E-state index in [1.807, 2.05) is 41.5 Å². The summed E-state index contributed by atoms with van der Waals surface area (Å²) in [4.78, 5) is 49.3. The molecule has 0 unspecified atom stereocenters. The molecule has 14 heteroatoms. The van der Waals surface area contributed by atoms with Crippen LogP contribution < -0.4 is 39.1 Å². The van der Waals surface area contributed by atoms with Crippen LogP contribution in [-0.4, -0.2) is 65.0 Å². The number of nitrogens with one attached hydrogen (secondary N) is 2. The number of halogens is 2. The molecule has 2 aliphatic rings. The Morgan fingerprint density at radius 1 is 0.615 bits per heavy atom. The van der Waals surface area contributed by atoms with E-state index in [2.05, 4.69) is 10.6 Å². The number of allylic oxidation sites excluding steroid dienone is 4. The molecule has 0 aliphatic heterocycles. The predicted molar refractivity (Wildman–Crippen MR) is 199 cm³/mol. The number of methoxy groups -OCH3 is 4. The Kier molecular flexibility index (Phi) is 14.4. The van der Waals surface area contributed by atoms with E-state index in [9.17, 15) is 19.2 Å². The van der Waals surface area contributed by atoms with Crippen molar-refractivity contribution in [1.82, 2.24) is 10.6 Å². The second-order valence-electron chi connectivity index (χ2n) is 13.7. The standard InChI is InChI=1S/2C19H24ClNO5/c2*1-6-26-16-14(24-4)8-13(15(20)17(16)25-5)18(23)21-11-7-12(22)10-19(2,3)9-11/h2*7-8H,6,9-10H2,1-5H3,(H,21,23). The van der Waals surface area contributed by atoms with Gasteiger partial charge in [0.25, 0.3) is 11.8 Å². The lowest BCUT2D eigenvalue weighted by Crippen LogP contribution is -2.31. The molecule has 2 amide bonds. The van der Waals surface area contributed by atoms with Crippen molar-refractivity contribution in [3.05, 3.63) is 56.9 Å². The summed E-state index contributed by atoms with van der Waals surface area (Å²) >= 11 is 12.7. The van der Waals surface area contributed by atoms with E-state index in [0.29, 0.717) is 73.3 Å². The van der Waals surface area contributed by atoms with Crippen molar-refractivity contribution >= 4 is 46.6 Å². The fraction of sp³-hybridized carbons (Fsp3) is 0.474. The van der Waals surface area contributed by atoms with Crippen molar-refractivity contribution < 1.29 is 47.6 Å². The number of ether oxygens (including phenoxy) is 6. The summed E-state index contributed by atoms with van der Waals surface area (Å²) in [6, 6.07) is 3.00. The van der Waals surface area contributed by atoms with Gasteiger partial charge in [-0.05, 0) is 49.7 Å². The van der Waals surface area contributed by atoms with Gasteiger partial charge < -0.3 is 39.1 Å². The van der Waals surface area contributed by atoms with Gasteiger partial charge in [0.2, 0.25) is 11.5 Å². The lowest BCUT2D eigenvalue weighted by molar-refractivity contribution is -0.117. The monoisotopic (exact) mass is 762 g/mol. The van der Waals surface area contributed by atoms with Gasteiger partial charge in [-0.1, -0.05) is 50.9 Å². The number of benzene rings is 2. The van der Waals surface area contributed by atoms with E-state index in [1.165, 1.54) is 52.7 Å². The van der Waals surface area contributed by atoms with Crippen molar-refractivity contribution in [1.29, 1.82) is 0 Å². The molecular formula is C38H48Cl2N2O10. The maximum Gasteiger partial charge on any atom is 0.257 e. The van der Waals surface area contributed by atoms with Crippen LogP contribution in [0.4, 0.5) is 0 Å². The van der Waals surface area contributed by atoms with Crippen LogP contribution in [0.1, 0.15) is 87.9 Å². The first kappa shape index (κ1) is 42.0. The maximum absolute atomic E-state index is 12.8. The van der Waals surface area contributed by atoms with Gasteiger partial charge in [-0.2, -0.15) is 0 Å². The molecule has 0 radical (unpaired) electrons. The summed E-state index contributed by atoms with van der Waals surface area (Å²) in [5.74, 6) is 0.921. The van der Waals surface area contributed by atoms with Gasteiger partial charge in [-0.3, -0.25) is 19.2 Å². The smallest absolute Gasteiger partial charge is 0.257 e. The van der Waals surface area contributed by atoms with Crippen LogP contribution in [0, 0.1) is 10.8 Å². The van der Waals surface area contributed by atoms with Crippen LogP contribution in [0.5, 0.6) is 34.5 Å². The predicted octanol–water partition coefficient (Wildman–Crippen LogP) is 7.52. The normalized spacial score (nSPS) is 15.9. The fourth-order valence-electron chi connectivity index (χ4n) is 6.03. The third kappa shape index (κ3) is 10.3. The molecule has 0 fully saturated rings. The number of carbonyl (C=O) groups is 4. The molecule has 0 heterocycles. The highest BCUT2D eigenvalue weighted by atomic mass is 35.5. The summed E-state index contributed by atoms with van der Waals surface area (Å²) in [5, 5.41) is 5.81. The second-order valence-corrected chi connectivity index (χ2v) is 14.4. The van der Waals surface area contributed by atoms with Crippen LogP contribution in [0.15, 0.2) is 35.7 Å². The molecule has 52 heavy (non-hydrogen) atoms. The minimum atomic E-state index is -0.439. The Bertz CT molecular complexity index is 1640. The second kappa shape index (κ2) is 17.9. The fourth-order valence-corrected chi connectivity index (χ4v) is 6.63. The molecule has 2 aliphatic carbocycles. The molecule has 0 bridgehead atoms. The first-order valence-corrected chi connectivity index (χ1v) is 17.4. The van der Waals surface area contributed by atoms with Gasteiger partial charge in [-0.15, -0.1) is 0 Å². The van der Waals surface area contributed by atoms with Gasteiger partial charge in [0, 0.05) is 36.4 Å². The van der Waals surface area contributed by atoms with Crippen molar-refractivity contribution in [3.63, 3.8) is 0 Å². The highest BCUT2D eigenvalue weighted by Crippen LogP contribution is 2.46. The average molecular weight is 764 g/mol. The van der Waals surface area contributed by atoms with Gasteiger partial charge in [0.05, 0.1) is 62.8 Å². The largest absolute Gasteiger partial charge is 0.493 e. The summed E-state index contributed by atoms with van der Waals surface area (Å²) in [6.07, 6.45) is 5.04. The highest BCUT2D eigenvalue weighted by Gasteiger charge is 2.31. The molecule has 2 aromatic rings. The third-order valence-electron chi connectivity index (χ3n) is 8.06. The average Bonchev–Trinajstić information content (AvgIpc) is 3.03. The Labute approximate surface area is 315 Å². The van der Waals surface area contributed by atoms with Gasteiger partial charge in [0.1, 0.15) is 0 Å². The molecule has 2 N–H and O–H groups in total. The van der Waals surface area contributed by atoms with Gasteiger partial charge >= 0.3 is 0 Å². The molecule has 0 saturated carbocycles. The number of amides is 2. The molecule has 12 nitrogen and oxygen atoms in total. The number of rotatable bonds is 12. The molecular weight excluding hydrogens is 715 g/mol. The zero-order chi connectivity index (χ0) is 39.0. The van der Waals surface area contributed by atoms with E-state index in [0.717, 1.165) is 0 Å². The van der Waals surface area contributed by atoms with Gasteiger partial charge in [0.15, 0.2) is 34.6 Å². The van der Waals surface area contributed by atoms with Crippen LogP contribution in [-0.2, 0) is 9.59 Å². The van der Waals surface area contributed by atoms with Crippen LogP contribution in [0.25, 0.3) is 0 Å². The summed E-state index contributed by atoms with van der Waals surface area (Å²) in [6.45, 7) is 12.4. The zero-order valence-corrected chi connectivity index (χ0v) is 32.9. The van der Waals surface area contributed by atoms with Crippen LogP contribution >= 0.6 is 23.2 Å². The Hall–Kier alpha value is -4.42. The van der Waals surface area contributed by atoms with Crippen LogP contribution in [0.2, 0.25) is 10.0 Å². The lowest BCUT2D eigenvalue weighted by Gasteiger charge is -2.29. The van der Waals surface area contributed by atoms with Crippen molar-refractivity contribution in [2.75, 3.05) is 41.7 Å². The minimum Gasteiger partial charge on any atom is -0.493 e. The molecule has 2 aromatic carbocycles. The quantitative estimate of drug-likeness (QED) is 0.223. The Balaban J connectivity index is 0.000000280. The SMILES string of the molecule is CCOc1c(OC)cc(C(=O)NC2=CC(=O)CC(C)(C)C2)c(Cl)c1OC.CCOc1c(OC)cc(C(=O)NC2=CC(=O)CC(C)(C)C2)c(Cl)c1OC. The van der Waals surface area contributed by atoms with E-state index in [-0.39, 0.29) is 55.1 Å². The topological polar surface area (TPSA) is 148 Å². The maximum atomic E-state index is 12.8. The Morgan fingerprint density at radius 2 is 0.962 bits per heavy atom. The third-order valence-corrected chi connectivity index (χ3v) is 8.81. The summed E-state index contributed by atoms with van der Waals surface area (Å²) in [5.41, 5.74) is 1.10. The van der Waals surface area contributed by atoms with Crippen molar-refractivity contribution in [2.45, 2.75) is 67.2 Å². The summed E-state index contributed by atoms with van der Waals surface area (Å²) < 4.78 is 32.3.